The van der Waals surface area contributed by atoms with Crippen molar-refractivity contribution in [2.45, 2.75) is 19.4 Å². The van der Waals surface area contributed by atoms with Crippen molar-refractivity contribution in [3.05, 3.63) is 22.4 Å². The van der Waals surface area contributed by atoms with Gasteiger partial charge in [0.25, 0.3) is 5.91 Å². The Morgan fingerprint density at radius 2 is 2.16 bits per heavy atom. The number of aliphatic carboxylic acids is 1. The van der Waals surface area contributed by atoms with Crippen LogP contribution in [0.5, 0.6) is 0 Å². The second kappa shape index (κ2) is 6.89. The number of nitrogens with one attached hydrogen (secondary N) is 1. The lowest BCUT2D eigenvalue weighted by Gasteiger charge is -2.21. The fourth-order valence-electron chi connectivity index (χ4n) is 1.34. The zero-order valence-corrected chi connectivity index (χ0v) is 11.6. The van der Waals surface area contributed by atoms with E-state index < -0.39 is 12.0 Å². The van der Waals surface area contributed by atoms with Crippen LogP contribution in [-0.4, -0.2) is 47.4 Å². The van der Waals surface area contributed by atoms with Crippen LogP contribution in [0.1, 0.15) is 23.7 Å². The lowest BCUT2D eigenvalue weighted by Crippen LogP contribution is -2.41. The molecule has 0 aromatic carbocycles. The number of hydrogen-bond acceptors (Lipinski definition) is 4. The quantitative estimate of drug-likeness (QED) is 0.809. The standard InChI is InChI=1S/C12H16N2O4S/c1-8(12(17)18)14(2)10(15)3-5-13-11(16)9-4-6-19-7-9/h4,6-8H,3,5H2,1-2H3,(H,13,16)(H,17,18). The smallest absolute Gasteiger partial charge is 0.326 e. The molecule has 0 radical (unpaired) electrons. The maximum absolute atomic E-state index is 11.7. The molecule has 0 aliphatic rings. The van der Waals surface area contributed by atoms with Gasteiger partial charge in [0.1, 0.15) is 6.04 Å². The number of carbonyl (C=O) groups is 3. The monoisotopic (exact) mass is 284 g/mol. The molecule has 1 heterocycles. The average Bonchev–Trinajstić information content (AvgIpc) is 2.90. The molecule has 0 aliphatic heterocycles. The van der Waals surface area contributed by atoms with Crippen molar-refractivity contribution in [2.75, 3.05) is 13.6 Å². The Labute approximate surface area is 115 Å². The van der Waals surface area contributed by atoms with Gasteiger partial charge in [-0.25, -0.2) is 4.79 Å². The average molecular weight is 284 g/mol. The third-order valence-corrected chi connectivity index (χ3v) is 3.42. The normalized spacial score (nSPS) is 11.7. The largest absolute Gasteiger partial charge is 0.480 e. The Balaban J connectivity index is 2.35. The molecule has 0 saturated carbocycles. The lowest BCUT2D eigenvalue weighted by molar-refractivity contribution is -0.148. The maximum Gasteiger partial charge on any atom is 0.326 e. The molecule has 2 amide bonds. The number of nitrogens with zero attached hydrogens (tertiary/aromatic N) is 1. The summed E-state index contributed by atoms with van der Waals surface area (Å²) < 4.78 is 0. The fraction of sp³-hybridized carbons (Fsp3) is 0.417. The number of rotatable bonds is 6. The van der Waals surface area contributed by atoms with E-state index in [0.29, 0.717) is 5.56 Å². The van der Waals surface area contributed by atoms with E-state index in [1.807, 2.05) is 0 Å². The molecule has 7 heteroatoms. The Kier molecular flexibility index (Phi) is 5.50. The van der Waals surface area contributed by atoms with Crippen LogP contribution in [0.2, 0.25) is 0 Å². The molecule has 104 valence electrons. The second-order valence-corrected chi connectivity index (χ2v) is 4.82. The van der Waals surface area contributed by atoms with Crippen molar-refractivity contribution in [1.29, 1.82) is 0 Å². The highest BCUT2D eigenvalue weighted by Gasteiger charge is 2.21. The summed E-state index contributed by atoms with van der Waals surface area (Å²) in [6, 6.07) is 0.820. The predicted molar refractivity (Wildman–Crippen MR) is 71.1 cm³/mol. The highest BCUT2D eigenvalue weighted by molar-refractivity contribution is 7.08. The number of carboxylic acid groups (broad SMARTS) is 1. The molecule has 2 N–H and O–H groups in total. The van der Waals surface area contributed by atoms with E-state index in [-0.39, 0.29) is 24.8 Å². The highest BCUT2D eigenvalue weighted by Crippen LogP contribution is 2.05. The summed E-state index contributed by atoms with van der Waals surface area (Å²) in [5.74, 6) is -1.61. The summed E-state index contributed by atoms with van der Waals surface area (Å²) >= 11 is 1.42. The van der Waals surface area contributed by atoms with Gasteiger partial charge in [0.2, 0.25) is 5.91 Å². The van der Waals surface area contributed by atoms with Crippen molar-refractivity contribution >= 4 is 29.1 Å². The Morgan fingerprint density at radius 1 is 1.47 bits per heavy atom. The van der Waals surface area contributed by atoms with E-state index in [4.69, 9.17) is 5.11 Å². The highest BCUT2D eigenvalue weighted by atomic mass is 32.1. The molecule has 0 fully saturated rings. The summed E-state index contributed by atoms with van der Waals surface area (Å²) in [7, 11) is 1.43. The first-order chi connectivity index (χ1) is 8.93. The summed E-state index contributed by atoms with van der Waals surface area (Å²) in [5, 5.41) is 14.9. The zero-order chi connectivity index (χ0) is 14.4. The predicted octanol–water partition coefficient (Wildman–Crippen LogP) is 0.799. The Morgan fingerprint density at radius 3 is 2.68 bits per heavy atom. The minimum Gasteiger partial charge on any atom is -0.480 e. The van der Waals surface area contributed by atoms with Gasteiger partial charge in [-0.2, -0.15) is 11.3 Å². The van der Waals surface area contributed by atoms with Crippen molar-refractivity contribution < 1.29 is 19.5 Å². The molecule has 0 spiro atoms. The van der Waals surface area contributed by atoms with E-state index in [1.165, 1.54) is 25.3 Å². The molecule has 1 rings (SSSR count). The molecule has 0 bridgehead atoms. The van der Waals surface area contributed by atoms with Gasteiger partial charge in [-0.3, -0.25) is 9.59 Å². The summed E-state index contributed by atoms with van der Waals surface area (Å²) in [6.45, 7) is 1.62. The molecule has 1 atom stereocenters. The summed E-state index contributed by atoms with van der Waals surface area (Å²) in [5.41, 5.74) is 0.560. The van der Waals surface area contributed by atoms with E-state index in [0.717, 1.165) is 4.90 Å². The first-order valence-electron chi connectivity index (χ1n) is 5.72. The summed E-state index contributed by atoms with van der Waals surface area (Å²) in [6.07, 6.45) is 0.0734. The van der Waals surface area contributed by atoms with Crippen molar-refractivity contribution in [3.63, 3.8) is 0 Å². The summed E-state index contributed by atoms with van der Waals surface area (Å²) in [4.78, 5) is 35.1. The van der Waals surface area contributed by atoms with Gasteiger partial charge in [-0.15, -0.1) is 0 Å². The van der Waals surface area contributed by atoms with Gasteiger partial charge in [-0.1, -0.05) is 0 Å². The topological polar surface area (TPSA) is 86.7 Å². The molecule has 1 unspecified atom stereocenters. The molecule has 0 aliphatic carbocycles. The van der Waals surface area contributed by atoms with Crippen molar-refractivity contribution in [2.24, 2.45) is 0 Å². The number of thiophene rings is 1. The minimum absolute atomic E-state index is 0.0734. The van der Waals surface area contributed by atoms with Gasteiger partial charge < -0.3 is 15.3 Å². The lowest BCUT2D eigenvalue weighted by atomic mass is 10.2. The SMILES string of the molecule is CC(C(=O)O)N(C)C(=O)CCNC(=O)c1ccsc1. The van der Waals surface area contributed by atoms with Gasteiger partial charge in [0.05, 0.1) is 0 Å². The van der Waals surface area contributed by atoms with Crippen LogP contribution in [0.3, 0.4) is 0 Å². The molecule has 19 heavy (non-hydrogen) atoms. The second-order valence-electron chi connectivity index (χ2n) is 4.04. The number of carboxylic acids is 1. The van der Waals surface area contributed by atoms with Crippen LogP contribution in [0, 0.1) is 0 Å². The van der Waals surface area contributed by atoms with E-state index >= 15 is 0 Å². The minimum atomic E-state index is -1.06. The van der Waals surface area contributed by atoms with E-state index in [1.54, 1.807) is 16.8 Å². The van der Waals surface area contributed by atoms with Gasteiger partial charge in [0.15, 0.2) is 0 Å². The number of amides is 2. The van der Waals surface area contributed by atoms with Crippen molar-refractivity contribution in [1.82, 2.24) is 10.2 Å². The molecule has 1 aromatic rings. The van der Waals surface area contributed by atoms with Gasteiger partial charge in [-0.05, 0) is 18.4 Å². The molecular weight excluding hydrogens is 268 g/mol. The van der Waals surface area contributed by atoms with Crippen LogP contribution in [0.25, 0.3) is 0 Å². The number of likely N-dealkylation sites (N-methyl/N-ethyl adjacent to an activating group) is 1. The van der Waals surface area contributed by atoms with Crippen LogP contribution in [0.4, 0.5) is 0 Å². The van der Waals surface area contributed by atoms with E-state index in [2.05, 4.69) is 5.32 Å². The fourth-order valence-corrected chi connectivity index (χ4v) is 1.97. The number of hydrogen-bond donors (Lipinski definition) is 2. The van der Waals surface area contributed by atoms with Crippen LogP contribution in [0.15, 0.2) is 16.8 Å². The van der Waals surface area contributed by atoms with Crippen LogP contribution < -0.4 is 5.32 Å². The van der Waals surface area contributed by atoms with Gasteiger partial charge >= 0.3 is 5.97 Å². The Bertz CT molecular complexity index is 458. The third-order valence-electron chi connectivity index (χ3n) is 2.74. The first kappa shape index (κ1) is 15.2. The first-order valence-corrected chi connectivity index (χ1v) is 6.66. The third kappa shape index (κ3) is 4.36. The van der Waals surface area contributed by atoms with Crippen LogP contribution in [-0.2, 0) is 9.59 Å². The maximum atomic E-state index is 11.7. The molecular formula is C12H16N2O4S. The molecule has 1 aromatic heterocycles. The van der Waals surface area contributed by atoms with Gasteiger partial charge in [0, 0.05) is 31.0 Å². The Hall–Kier alpha value is -1.89. The van der Waals surface area contributed by atoms with Crippen molar-refractivity contribution in [3.8, 4) is 0 Å². The molecule has 6 nitrogen and oxygen atoms in total. The zero-order valence-electron chi connectivity index (χ0n) is 10.8. The molecule has 0 saturated heterocycles. The van der Waals surface area contributed by atoms with Crippen LogP contribution >= 0.6 is 11.3 Å². The number of carbonyl (C=O) groups excluding carboxylic acids is 2. The van der Waals surface area contributed by atoms with E-state index in [9.17, 15) is 14.4 Å².